The molecular weight excluding hydrogens is 438 g/mol. The Kier molecular flexibility index (Phi) is 6.35. The Morgan fingerprint density at radius 2 is 1.03 bits per heavy atom. The van der Waals surface area contributed by atoms with Gasteiger partial charge in [-0.3, -0.25) is 0 Å². The Morgan fingerprint density at radius 3 is 1.49 bits per heavy atom. The summed E-state index contributed by atoms with van der Waals surface area (Å²) in [5.74, 6) is 2.02. The fraction of sp³-hybridized carbons (Fsp3) is 0.200. The van der Waals surface area contributed by atoms with E-state index in [-0.39, 0.29) is 17.2 Å². The molecular formula is C30H31NO4. The zero-order valence-electron chi connectivity index (χ0n) is 21.0. The minimum atomic E-state index is 0.212. The van der Waals surface area contributed by atoms with Crippen molar-refractivity contribution in [2.24, 2.45) is 0 Å². The number of hydrogen-bond donors (Lipinski definition) is 3. The Labute approximate surface area is 206 Å². The molecule has 180 valence electrons. The quantitative estimate of drug-likeness (QED) is 0.277. The van der Waals surface area contributed by atoms with Crippen LogP contribution in [0.15, 0.2) is 60.7 Å². The molecule has 0 radical (unpaired) electrons. The fourth-order valence-corrected chi connectivity index (χ4v) is 4.58. The Hall–Kier alpha value is -4.12. The molecule has 4 rings (SSSR count). The summed E-state index contributed by atoms with van der Waals surface area (Å²) in [6, 6.07) is 18.3. The smallest absolute Gasteiger partial charge is 0.133 e. The number of phenolic OH excluding ortho intramolecular Hbond substituents is 3. The maximum atomic E-state index is 10.5. The lowest BCUT2D eigenvalue weighted by Gasteiger charge is -2.32. The zero-order valence-corrected chi connectivity index (χ0v) is 21.0. The predicted molar refractivity (Wildman–Crippen MR) is 141 cm³/mol. The van der Waals surface area contributed by atoms with Gasteiger partial charge < -0.3 is 25.0 Å². The molecule has 5 heteroatoms. The lowest BCUT2D eigenvalue weighted by Crippen LogP contribution is -2.15. The lowest BCUT2D eigenvalue weighted by atomic mass is 10.0. The topological polar surface area (TPSA) is 73.2 Å². The number of ether oxygens (including phenoxy) is 1. The average Bonchev–Trinajstić information content (AvgIpc) is 2.81. The van der Waals surface area contributed by atoms with Crippen LogP contribution in [0.2, 0.25) is 0 Å². The number of phenols is 3. The second-order valence-corrected chi connectivity index (χ2v) is 9.09. The van der Waals surface area contributed by atoms with Crippen LogP contribution in [0, 0.1) is 41.5 Å². The van der Waals surface area contributed by atoms with Gasteiger partial charge in [-0.15, -0.1) is 0 Å². The summed E-state index contributed by atoms with van der Waals surface area (Å²) in [4.78, 5) is 2.08. The molecule has 0 saturated heterocycles. The molecule has 0 spiro atoms. The number of aromatic hydroxyl groups is 3. The van der Waals surface area contributed by atoms with Crippen LogP contribution in [0.5, 0.6) is 28.7 Å². The summed E-state index contributed by atoms with van der Waals surface area (Å²) >= 11 is 0. The normalized spacial score (nSPS) is 10.9. The molecule has 0 amide bonds. The van der Waals surface area contributed by atoms with Gasteiger partial charge in [0.1, 0.15) is 28.7 Å². The van der Waals surface area contributed by atoms with Crippen molar-refractivity contribution in [3.63, 3.8) is 0 Å². The van der Waals surface area contributed by atoms with E-state index in [1.54, 1.807) is 24.3 Å². The Bertz CT molecular complexity index is 1330. The largest absolute Gasteiger partial charge is 0.508 e. The average molecular weight is 470 g/mol. The number of hydrogen-bond acceptors (Lipinski definition) is 5. The fourth-order valence-electron chi connectivity index (χ4n) is 4.58. The summed E-state index contributed by atoms with van der Waals surface area (Å²) in [7, 11) is 0. The van der Waals surface area contributed by atoms with Crippen LogP contribution in [0.1, 0.15) is 33.4 Å². The van der Waals surface area contributed by atoms with E-state index in [4.69, 9.17) is 4.74 Å². The highest BCUT2D eigenvalue weighted by atomic mass is 16.5. The number of aryl methyl sites for hydroxylation is 4. The monoisotopic (exact) mass is 469 g/mol. The molecule has 4 aromatic carbocycles. The Morgan fingerprint density at radius 1 is 0.571 bits per heavy atom. The molecule has 0 unspecified atom stereocenters. The molecule has 0 aliphatic rings. The van der Waals surface area contributed by atoms with Gasteiger partial charge in [-0.1, -0.05) is 12.1 Å². The molecule has 5 nitrogen and oxygen atoms in total. The molecule has 0 bridgehead atoms. The molecule has 35 heavy (non-hydrogen) atoms. The van der Waals surface area contributed by atoms with Gasteiger partial charge in [0.2, 0.25) is 0 Å². The third-order valence-corrected chi connectivity index (χ3v) is 6.42. The van der Waals surface area contributed by atoms with E-state index in [9.17, 15) is 15.3 Å². The summed E-state index contributed by atoms with van der Waals surface area (Å²) in [6.45, 7) is 11.6. The van der Waals surface area contributed by atoms with Crippen LogP contribution in [-0.2, 0) is 0 Å². The van der Waals surface area contributed by atoms with Gasteiger partial charge in [0.05, 0.1) is 11.4 Å². The molecule has 0 saturated carbocycles. The van der Waals surface area contributed by atoms with Gasteiger partial charge >= 0.3 is 0 Å². The summed E-state index contributed by atoms with van der Waals surface area (Å²) in [6.07, 6.45) is 0. The number of rotatable bonds is 5. The molecule has 0 aliphatic carbocycles. The first kappa shape index (κ1) is 24.0. The van der Waals surface area contributed by atoms with Crippen molar-refractivity contribution in [3.8, 4) is 28.7 Å². The minimum absolute atomic E-state index is 0.212. The van der Waals surface area contributed by atoms with E-state index in [0.29, 0.717) is 11.5 Å². The van der Waals surface area contributed by atoms with Crippen LogP contribution >= 0.6 is 0 Å². The highest BCUT2D eigenvalue weighted by molar-refractivity contribution is 5.85. The molecule has 0 aliphatic heterocycles. The molecule has 0 aromatic heterocycles. The van der Waals surface area contributed by atoms with Crippen LogP contribution in [0.25, 0.3) is 0 Å². The van der Waals surface area contributed by atoms with Gasteiger partial charge in [-0.2, -0.15) is 0 Å². The number of nitrogens with zero attached hydrogens (tertiary/aromatic N) is 1. The lowest BCUT2D eigenvalue weighted by molar-refractivity contribution is 0.458. The SMILES string of the molecule is Cc1cc(O)cc(C)c1Oc1ccc(N(c2c(C)ccc(O)c2C)c2c(C)ccc(O)c2C)cc1. The van der Waals surface area contributed by atoms with Crippen molar-refractivity contribution < 1.29 is 20.1 Å². The van der Waals surface area contributed by atoms with Crippen molar-refractivity contribution in [1.29, 1.82) is 0 Å². The second-order valence-electron chi connectivity index (χ2n) is 9.09. The third-order valence-electron chi connectivity index (χ3n) is 6.42. The van der Waals surface area contributed by atoms with E-state index in [1.807, 2.05) is 77.9 Å². The molecule has 0 heterocycles. The number of benzene rings is 4. The van der Waals surface area contributed by atoms with Crippen LogP contribution in [0.4, 0.5) is 17.1 Å². The summed E-state index contributed by atoms with van der Waals surface area (Å²) in [5.41, 5.74) is 7.80. The second kappa shape index (κ2) is 9.26. The van der Waals surface area contributed by atoms with E-state index in [0.717, 1.165) is 50.4 Å². The van der Waals surface area contributed by atoms with E-state index in [2.05, 4.69) is 4.90 Å². The van der Waals surface area contributed by atoms with Crippen molar-refractivity contribution in [2.75, 3.05) is 4.90 Å². The maximum absolute atomic E-state index is 10.5. The van der Waals surface area contributed by atoms with Gasteiger partial charge in [0.15, 0.2) is 0 Å². The standard InChI is InChI=1S/C30H31NO4/c1-17-7-13-26(33)21(5)28(17)31(29-18(2)8-14-27(34)22(29)6)23-9-11-25(12-10-23)35-30-19(3)15-24(32)16-20(30)4/h7-16,32-34H,1-6H3. The Balaban J connectivity index is 1.85. The van der Waals surface area contributed by atoms with E-state index < -0.39 is 0 Å². The minimum Gasteiger partial charge on any atom is -0.508 e. The molecule has 4 aromatic rings. The van der Waals surface area contributed by atoms with Crippen molar-refractivity contribution in [3.05, 3.63) is 94.0 Å². The van der Waals surface area contributed by atoms with Gasteiger partial charge in [0.25, 0.3) is 0 Å². The van der Waals surface area contributed by atoms with Crippen molar-refractivity contribution in [2.45, 2.75) is 41.5 Å². The van der Waals surface area contributed by atoms with Crippen LogP contribution in [-0.4, -0.2) is 15.3 Å². The maximum Gasteiger partial charge on any atom is 0.133 e. The van der Waals surface area contributed by atoms with Crippen molar-refractivity contribution in [1.82, 2.24) is 0 Å². The highest BCUT2D eigenvalue weighted by Gasteiger charge is 2.23. The van der Waals surface area contributed by atoms with E-state index in [1.165, 1.54) is 0 Å². The van der Waals surface area contributed by atoms with Gasteiger partial charge in [0, 0.05) is 16.8 Å². The predicted octanol–water partition coefficient (Wildman–Crippen LogP) is 7.92. The summed E-state index contributed by atoms with van der Waals surface area (Å²) in [5, 5.41) is 30.9. The molecule has 0 atom stereocenters. The summed E-state index contributed by atoms with van der Waals surface area (Å²) < 4.78 is 6.16. The van der Waals surface area contributed by atoms with Crippen LogP contribution in [0.3, 0.4) is 0 Å². The molecule has 3 N–H and O–H groups in total. The van der Waals surface area contributed by atoms with Crippen LogP contribution < -0.4 is 9.64 Å². The van der Waals surface area contributed by atoms with Gasteiger partial charge in [-0.05, 0) is 112 Å². The number of anilines is 3. The zero-order chi connectivity index (χ0) is 25.4. The van der Waals surface area contributed by atoms with Gasteiger partial charge in [-0.25, -0.2) is 0 Å². The molecule has 0 fully saturated rings. The van der Waals surface area contributed by atoms with Crippen molar-refractivity contribution >= 4 is 17.1 Å². The third kappa shape index (κ3) is 4.50. The first-order chi connectivity index (χ1) is 16.6. The van der Waals surface area contributed by atoms with E-state index >= 15 is 0 Å². The highest BCUT2D eigenvalue weighted by Crippen LogP contribution is 2.46. The first-order valence-corrected chi connectivity index (χ1v) is 11.5. The first-order valence-electron chi connectivity index (χ1n) is 11.5.